The Morgan fingerprint density at radius 2 is 1.05 bits per heavy atom. The summed E-state index contributed by atoms with van der Waals surface area (Å²) in [7, 11) is 0. The molecular formula is C14H6Cl2K2O4. The van der Waals surface area contributed by atoms with E-state index in [4.69, 9.17) is 23.2 Å². The molecule has 0 amide bonds. The molecule has 0 fully saturated rings. The maximum atomic E-state index is 11.1. The molecule has 8 heteroatoms. The normalized spacial score (nSPS) is 9.36. The van der Waals surface area contributed by atoms with Crippen molar-refractivity contribution in [3.63, 3.8) is 0 Å². The smallest absolute Gasteiger partial charge is 0.545 e. The molecule has 2 aromatic rings. The van der Waals surface area contributed by atoms with Gasteiger partial charge >= 0.3 is 103 Å². The Bertz CT molecular complexity index is 658. The van der Waals surface area contributed by atoms with E-state index in [2.05, 4.69) is 0 Å². The van der Waals surface area contributed by atoms with Crippen molar-refractivity contribution in [2.45, 2.75) is 0 Å². The van der Waals surface area contributed by atoms with Crippen LogP contribution in [-0.2, 0) is 0 Å². The third-order valence-electron chi connectivity index (χ3n) is 2.69. The molecule has 2 aromatic carbocycles. The van der Waals surface area contributed by atoms with Gasteiger partial charge in [0.15, 0.2) is 0 Å². The first-order valence-electron chi connectivity index (χ1n) is 5.42. The minimum absolute atomic E-state index is 0. The molecule has 0 N–H and O–H groups in total. The zero-order valence-electron chi connectivity index (χ0n) is 11.9. The predicted molar refractivity (Wildman–Crippen MR) is 70.6 cm³/mol. The number of aromatic carboxylic acids is 2. The van der Waals surface area contributed by atoms with Crippen molar-refractivity contribution in [1.29, 1.82) is 0 Å². The molecule has 0 saturated carbocycles. The Morgan fingerprint density at radius 3 is 1.32 bits per heavy atom. The third kappa shape index (κ3) is 5.65. The van der Waals surface area contributed by atoms with E-state index in [1.807, 2.05) is 0 Å². The minimum Gasteiger partial charge on any atom is -0.545 e. The van der Waals surface area contributed by atoms with Crippen LogP contribution in [0.25, 0.3) is 11.1 Å². The summed E-state index contributed by atoms with van der Waals surface area (Å²) in [5, 5.41) is 22.7. The second-order valence-corrected chi connectivity index (χ2v) is 4.83. The van der Waals surface area contributed by atoms with Gasteiger partial charge in [-0.1, -0.05) is 35.3 Å². The van der Waals surface area contributed by atoms with Gasteiger partial charge in [-0.15, -0.1) is 0 Å². The van der Waals surface area contributed by atoms with Crippen LogP contribution in [0.5, 0.6) is 0 Å². The number of halogens is 2. The zero-order chi connectivity index (χ0) is 14.9. The first-order valence-corrected chi connectivity index (χ1v) is 6.18. The van der Waals surface area contributed by atoms with E-state index in [0.29, 0.717) is 0 Å². The Morgan fingerprint density at radius 1 is 0.727 bits per heavy atom. The number of benzene rings is 2. The van der Waals surface area contributed by atoms with Crippen LogP contribution >= 0.6 is 23.2 Å². The number of carboxylic acid groups (broad SMARTS) is 2. The molecule has 0 aliphatic heterocycles. The van der Waals surface area contributed by atoms with Gasteiger partial charge in [-0.25, -0.2) is 0 Å². The van der Waals surface area contributed by atoms with Crippen molar-refractivity contribution in [1.82, 2.24) is 0 Å². The average Bonchev–Trinajstić information content (AvgIpc) is 2.38. The van der Waals surface area contributed by atoms with Crippen LogP contribution in [0.4, 0.5) is 0 Å². The number of carbonyl (C=O) groups is 2. The molecular weight excluding hydrogens is 381 g/mol. The molecule has 0 bridgehead atoms. The monoisotopic (exact) mass is 386 g/mol. The summed E-state index contributed by atoms with van der Waals surface area (Å²) < 4.78 is 0. The molecule has 0 aliphatic rings. The van der Waals surface area contributed by atoms with Crippen molar-refractivity contribution in [3.05, 3.63) is 57.6 Å². The van der Waals surface area contributed by atoms with Gasteiger partial charge in [-0.05, 0) is 35.4 Å². The maximum Gasteiger partial charge on any atom is 1.00 e. The van der Waals surface area contributed by atoms with Gasteiger partial charge in [-0.2, -0.15) is 0 Å². The van der Waals surface area contributed by atoms with Crippen molar-refractivity contribution in [3.8, 4) is 11.1 Å². The van der Waals surface area contributed by atoms with E-state index in [1.54, 1.807) is 0 Å². The third-order valence-corrected chi connectivity index (χ3v) is 3.16. The summed E-state index contributed by atoms with van der Waals surface area (Å²) in [5.41, 5.74) is -0.0693. The summed E-state index contributed by atoms with van der Waals surface area (Å²) in [6, 6.07) is 8.11. The molecule has 0 unspecified atom stereocenters. The molecule has 0 saturated heterocycles. The topological polar surface area (TPSA) is 80.3 Å². The summed E-state index contributed by atoms with van der Waals surface area (Å²) in [4.78, 5) is 22.3. The van der Waals surface area contributed by atoms with E-state index < -0.39 is 11.9 Å². The van der Waals surface area contributed by atoms with Gasteiger partial charge in [0.2, 0.25) is 0 Å². The van der Waals surface area contributed by atoms with Crippen LogP contribution in [0.2, 0.25) is 10.0 Å². The molecule has 0 atom stereocenters. The number of hydrogen-bond acceptors (Lipinski definition) is 4. The number of carbonyl (C=O) groups excluding carboxylic acids is 2. The van der Waals surface area contributed by atoms with Crippen molar-refractivity contribution >= 4 is 35.1 Å². The van der Waals surface area contributed by atoms with Gasteiger partial charge in [0.1, 0.15) is 0 Å². The molecule has 0 radical (unpaired) electrons. The first kappa shape index (κ1) is 23.2. The van der Waals surface area contributed by atoms with Gasteiger partial charge in [0.05, 0.1) is 11.9 Å². The molecule has 0 aromatic heterocycles. The molecule has 0 spiro atoms. The Kier molecular flexibility index (Phi) is 10.9. The fourth-order valence-corrected chi connectivity index (χ4v) is 2.18. The second-order valence-electron chi connectivity index (χ2n) is 3.95. The molecule has 102 valence electrons. The number of rotatable bonds is 3. The summed E-state index contributed by atoms with van der Waals surface area (Å²) in [5.74, 6) is -2.91. The van der Waals surface area contributed by atoms with Crippen molar-refractivity contribution in [2.75, 3.05) is 0 Å². The predicted octanol–water partition coefficient (Wildman–Crippen LogP) is -4.60. The van der Waals surface area contributed by atoms with Crippen molar-refractivity contribution < 1.29 is 123 Å². The second kappa shape index (κ2) is 10.3. The largest absolute Gasteiger partial charge is 1.00 e. The Hall–Kier alpha value is 1.23. The van der Waals surface area contributed by atoms with Crippen LogP contribution in [-0.4, -0.2) is 11.9 Å². The summed E-state index contributed by atoms with van der Waals surface area (Å²) in [6.07, 6.45) is 0. The van der Waals surface area contributed by atoms with Crippen LogP contribution in [0.15, 0.2) is 36.4 Å². The fraction of sp³-hybridized carbons (Fsp3) is 0. The van der Waals surface area contributed by atoms with Crippen LogP contribution in [0, 0.1) is 0 Å². The van der Waals surface area contributed by atoms with E-state index in [0.717, 1.165) is 0 Å². The number of hydrogen-bond donors (Lipinski definition) is 0. The standard InChI is InChI=1S/C14H8Cl2O4.2K/c15-7-1-3-9(11(5-7)13(17)18)10-4-2-8(16)6-12(10)14(19)20;;/h1-6H,(H,17,18)(H,19,20);;/q;2*+1/p-2. The fourth-order valence-electron chi connectivity index (χ4n) is 1.84. The average molecular weight is 387 g/mol. The SMILES string of the molecule is O=C([O-])c1cc(Cl)ccc1-c1ccc(Cl)cc1C(=O)[O-].[K+].[K+]. The van der Waals surface area contributed by atoms with Crippen LogP contribution in [0.1, 0.15) is 20.7 Å². The quantitative estimate of drug-likeness (QED) is 0.497. The first-order chi connectivity index (χ1) is 9.40. The van der Waals surface area contributed by atoms with Crippen LogP contribution in [0.3, 0.4) is 0 Å². The molecule has 0 heterocycles. The van der Waals surface area contributed by atoms with Gasteiger partial charge < -0.3 is 19.8 Å². The molecule has 22 heavy (non-hydrogen) atoms. The van der Waals surface area contributed by atoms with Crippen LogP contribution < -0.4 is 113 Å². The molecule has 2 rings (SSSR count). The Balaban J connectivity index is 0.00000220. The Labute approximate surface area is 222 Å². The van der Waals surface area contributed by atoms with Crippen molar-refractivity contribution in [2.24, 2.45) is 0 Å². The van der Waals surface area contributed by atoms with E-state index in [-0.39, 0.29) is 135 Å². The van der Waals surface area contributed by atoms with E-state index >= 15 is 0 Å². The summed E-state index contributed by atoms with van der Waals surface area (Å²) in [6.45, 7) is 0. The molecule has 4 nitrogen and oxygen atoms in total. The number of carboxylic acids is 2. The maximum absolute atomic E-state index is 11.1. The van der Waals surface area contributed by atoms with Gasteiger partial charge in [-0.3, -0.25) is 0 Å². The van der Waals surface area contributed by atoms with Gasteiger partial charge in [0.25, 0.3) is 0 Å². The van der Waals surface area contributed by atoms with Gasteiger partial charge in [0, 0.05) is 21.2 Å². The van der Waals surface area contributed by atoms with E-state index in [9.17, 15) is 19.8 Å². The summed E-state index contributed by atoms with van der Waals surface area (Å²) >= 11 is 11.5. The zero-order valence-corrected chi connectivity index (χ0v) is 19.6. The molecule has 0 aliphatic carbocycles. The van der Waals surface area contributed by atoms with E-state index in [1.165, 1.54) is 36.4 Å². The minimum atomic E-state index is -1.46.